The summed E-state index contributed by atoms with van der Waals surface area (Å²) >= 11 is 0. The molecule has 1 heterocycles. The van der Waals surface area contributed by atoms with Crippen LogP contribution in [0.5, 0.6) is 0 Å². The SMILES string of the molecule is CC(C)CNCCCNC(=O)[C@@H](Cc1ccc2ccccc2c1)NC(=O)C1CC(=O)CN1C(=O)C(C)(C)C.Cl. The number of nitrogens with zero attached hydrogens (tertiary/aromatic N) is 1. The van der Waals surface area contributed by atoms with Crippen LogP contribution in [0.1, 0.15) is 53.0 Å². The van der Waals surface area contributed by atoms with Crippen molar-refractivity contribution in [1.82, 2.24) is 20.9 Å². The van der Waals surface area contributed by atoms with Gasteiger partial charge in [0.2, 0.25) is 17.7 Å². The molecule has 214 valence electrons. The second-order valence-electron chi connectivity index (χ2n) is 11.6. The number of likely N-dealkylation sites (tertiary alicyclic amines) is 1. The first-order valence-electron chi connectivity index (χ1n) is 13.5. The third-order valence-corrected chi connectivity index (χ3v) is 6.62. The van der Waals surface area contributed by atoms with E-state index in [4.69, 9.17) is 0 Å². The van der Waals surface area contributed by atoms with Crippen molar-refractivity contribution in [1.29, 1.82) is 0 Å². The van der Waals surface area contributed by atoms with Gasteiger partial charge in [-0.05, 0) is 41.8 Å². The molecule has 2 aromatic rings. The number of fused-ring (bicyclic) bond motifs is 1. The molecule has 2 atom stereocenters. The average Bonchev–Trinajstić information content (AvgIpc) is 3.25. The lowest BCUT2D eigenvalue weighted by Gasteiger charge is -2.30. The molecule has 9 heteroatoms. The highest BCUT2D eigenvalue weighted by Crippen LogP contribution is 2.24. The summed E-state index contributed by atoms with van der Waals surface area (Å²) in [5.41, 5.74) is 0.183. The molecule has 0 bridgehead atoms. The van der Waals surface area contributed by atoms with E-state index in [1.165, 1.54) is 4.90 Å². The summed E-state index contributed by atoms with van der Waals surface area (Å²) in [5, 5.41) is 11.3. The molecule has 3 N–H and O–H groups in total. The highest BCUT2D eigenvalue weighted by atomic mass is 35.5. The van der Waals surface area contributed by atoms with Crippen LogP contribution in [0.4, 0.5) is 0 Å². The van der Waals surface area contributed by atoms with Crippen molar-refractivity contribution in [3.8, 4) is 0 Å². The fourth-order valence-electron chi connectivity index (χ4n) is 4.59. The Morgan fingerprint density at radius 3 is 2.38 bits per heavy atom. The number of amides is 3. The van der Waals surface area contributed by atoms with Gasteiger partial charge in [0.25, 0.3) is 0 Å². The van der Waals surface area contributed by atoms with E-state index in [1.807, 2.05) is 42.5 Å². The summed E-state index contributed by atoms with van der Waals surface area (Å²) in [4.78, 5) is 53.2. The molecule has 0 aromatic heterocycles. The number of rotatable bonds is 11. The van der Waals surface area contributed by atoms with Crippen molar-refractivity contribution in [2.75, 3.05) is 26.2 Å². The van der Waals surface area contributed by atoms with Crippen molar-refractivity contribution < 1.29 is 19.2 Å². The van der Waals surface area contributed by atoms with Crippen LogP contribution in [0.2, 0.25) is 0 Å². The summed E-state index contributed by atoms with van der Waals surface area (Å²) in [7, 11) is 0. The fraction of sp³-hybridized carbons (Fsp3) is 0.533. The summed E-state index contributed by atoms with van der Waals surface area (Å²) in [6, 6.07) is 12.2. The molecule has 1 aliphatic rings. The standard InChI is InChI=1S/C30H42N4O4.ClH/c1-20(2)18-31-13-8-14-32-27(36)25(16-21-11-12-22-9-6-7-10-23(22)15-21)33-28(37)26-17-24(35)19-34(26)29(38)30(3,4)5;/h6-7,9-12,15,20,25-26,31H,8,13-14,16-19H2,1-5H3,(H,32,36)(H,33,37);1H/t25-,26?;/m1./s1. The normalized spacial score (nSPS) is 16.2. The number of nitrogens with one attached hydrogen (secondary N) is 3. The minimum Gasteiger partial charge on any atom is -0.354 e. The van der Waals surface area contributed by atoms with Gasteiger partial charge in [0, 0.05) is 24.8 Å². The monoisotopic (exact) mass is 558 g/mol. The quantitative estimate of drug-likeness (QED) is 0.367. The molecule has 0 aliphatic carbocycles. The van der Waals surface area contributed by atoms with E-state index in [1.54, 1.807) is 20.8 Å². The molecule has 2 aromatic carbocycles. The lowest BCUT2D eigenvalue weighted by atomic mass is 9.94. The van der Waals surface area contributed by atoms with Crippen LogP contribution in [0.25, 0.3) is 10.8 Å². The maximum absolute atomic E-state index is 13.4. The summed E-state index contributed by atoms with van der Waals surface area (Å²) < 4.78 is 0. The van der Waals surface area contributed by atoms with E-state index >= 15 is 0 Å². The van der Waals surface area contributed by atoms with Gasteiger partial charge >= 0.3 is 0 Å². The third-order valence-electron chi connectivity index (χ3n) is 6.62. The van der Waals surface area contributed by atoms with E-state index in [0.717, 1.165) is 35.8 Å². The van der Waals surface area contributed by atoms with Gasteiger partial charge in [0.05, 0.1) is 6.54 Å². The molecule has 8 nitrogen and oxygen atoms in total. The summed E-state index contributed by atoms with van der Waals surface area (Å²) in [6.07, 6.45) is 1.02. The fourth-order valence-corrected chi connectivity index (χ4v) is 4.59. The Bertz CT molecular complexity index is 1160. The Morgan fingerprint density at radius 1 is 1.03 bits per heavy atom. The Kier molecular flexibility index (Phi) is 11.9. The average molecular weight is 559 g/mol. The minimum atomic E-state index is -0.915. The molecule has 3 amide bonds. The second kappa shape index (κ2) is 14.4. The van der Waals surface area contributed by atoms with Crippen molar-refractivity contribution in [2.24, 2.45) is 11.3 Å². The lowest BCUT2D eigenvalue weighted by Crippen LogP contribution is -2.55. The Hall–Kier alpha value is -2.97. The Morgan fingerprint density at radius 2 is 1.72 bits per heavy atom. The van der Waals surface area contributed by atoms with Crippen molar-refractivity contribution in [2.45, 2.75) is 66.0 Å². The number of carbonyl (C=O) groups is 4. The zero-order chi connectivity index (χ0) is 27.9. The Balaban J connectivity index is 0.00000533. The summed E-state index contributed by atoms with van der Waals surface area (Å²) in [6.45, 7) is 11.7. The van der Waals surface area contributed by atoms with Gasteiger partial charge in [-0.1, -0.05) is 77.1 Å². The van der Waals surface area contributed by atoms with Gasteiger partial charge in [-0.25, -0.2) is 0 Å². The molecular formula is C30H43ClN4O4. The highest BCUT2D eigenvalue weighted by Gasteiger charge is 2.42. The van der Waals surface area contributed by atoms with Crippen molar-refractivity contribution in [3.63, 3.8) is 0 Å². The van der Waals surface area contributed by atoms with Crippen LogP contribution >= 0.6 is 12.4 Å². The van der Waals surface area contributed by atoms with Crippen LogP contribution < -0.4 is 16.0 Å². The number of carbonyl (C=O) groups excluding carboxylic acids is 4. The van der Waals surface area contributed by atoms with Crippen LogP contribution in [-0.2, 0) is 25.6 Å². The smallest absolute Gasteiger partial charge is 0.243 e. The Labute approximate surface area is 238 Å². The number of hydrogen-bond donors (Lipinski definition) is 3. The zero-order valence-corrected chi connectivity index (χ0v) is 24.5. The van der Waals surface area contributed by atoms with Crippen LogP contribution in [0, 0.1) is 11.3 Å². The number of ketones is 1. The zero-order valence-electron chi connectivity index (χ0n) is 23.7. The van der Waals surface area contributed by atoms with Gasteiger partial charge in [-0.2, -0.15) is 0 Å². The first-order valence-corrected chi connectivity index (χ1v) is 13.5. The van der Waals surface area contributed by atoms with Crippen molar-refractivity contribution in [3.05, 3.63) is 48.0 Å². The number of hydrogen-bond acceptors (Lipinski definition) is 5. The largest absolute Gasteiger partial charge is 0.354 e. The molecular weight excluding hydrogens is 516 g/mol. The second-order valence-corrected chi connectivity index (χ2v) is 11.6. The highest BCUT2D eigenvalue weighted by molar-refractivity contribution is 6.01. The number of halogens is 1. The van der Waals surface area contributed by atoms with Gasteiger partial charge < -0.3 is 20.9 Å². The van der Waals surface area contributed by atoms with Gasteiger partial charge in [0.15, 0.2) is 5.78 Å². The predicted octanol–water partition coefficient (Wildman–Crippen LogP) is 3.26. The number of Topliss-reactive ketones (excluding diaryl/α,β-unsaturated/α-hetero) is 1. The molecule has 1 fully saturated rings. The molecule has 0 spiro atoms. The molecule has 0 radical (unpaired) electrons. The molecule has 0 saturated carbocycles. The van der Waals surface area contributed by atoms with E-state index < -0.39 is 23.4 Å². The third kappa shape index (κ3) is 9.32. The van der Waals surface area contributed by atoms with Crippen molar-refractivity contribution >= 4 is 46.7 Å². The van der Waals surface area contributed by atoms with E-state index in [0.29, 0.717) is 18.9 Å². The summed E-state index contributed by atoms with van der Waals surface area (Å²) in [5.74, 6) is -0.625. The first kappa shape index (κ1) is 32.2. The van der Waals surface area contributed by atoms with E-state index in [-0.39, 0.29) is 43.0 Å². The molecule has 39 heavy (non-hydrogen) atoms. The first-order chi connectivity index (χ1) is 18.0. The predicted molar refractivity (Wildman–Crippen MR) is 157 cm³/mol. The molecule has 3 rings (SSSR count). The minimum absolute atomic E-state index is 0. The molecule has 1 aliphatic heterocycles. The van der Waals surface area contributed by atoms with Gasteiger partial charge in [-0.3, -0.25) is 19.2 Å². The van der Waals surface area contributed by atoms with Crippen LogP contribution in [-0.4, -0.2) is 66.7 Å². The van der Waals surface area contributed by atoms with E-state index in [2.05, 4.69) is 29.8 Å². The topological polar surface area (TPSA) is 108 Å². The van der Waals surface area contributed by atoms with E-state index in [9.17, 15) is 19.2 Å². The van der Waals surface area contributed by atoms with Crippen LogP contribution in [0.15, 0.2) is 42.5 Å². The molecule has 1 unspecified atom stereocenters. The maximum atomic E-state index is 13.4. The van der Waals surface area contributed by atoms with Gasteiger partial charge in [0.1, 0.15) is 12.1 Å². The van der Waals surface area contributed by atoms with Gasteiger partial charge in [-0.15, -0.1) is 12.4 Å². The lowest BCUT2D eigenvalue weighted by molar-refractivity contribution is -0.145. The maximum Gasteiger partial charge on any atom is 0.243 e. The molecule has 1 saturated heterocycles. The number of benzene rings is 2. The van der Waals surface area contributed by atoms with Crippen LogP contribution in [0.3, 0.4) is 0 Å².